The third kappa shape index (κ3) is 24.0. The Morgan fingerprint density at radius 1 is 0.228 bits per heavy atom. The molecule has 3 heterocycles. The molecule has 0 saturated heterocycles. The zero-order valence-electron chi connectivity index (χ0n) is 53.5. The lowest BCUT2D eigenvalue weighted by Crippen LogP contribution is -2.18. The number of hydrogen-bond donors (Lipinski definition) is 11. The van der Waals surface area contributed by atoms with E-state index in [-0.39, 0.29) is 12.1 Å². The molecule has 0 aliphatic heterocycles. The number of rotatable bonds is 35. The van der Waals surface area contributed by atoms with Gasteiger partial charge in [0.05, 0.1) is 0 Å². The third-order valence-corrected chi connectivity index (χ3v) is 16.9. The van der Waals surface area contributed by atoms with Gasteiger partial charge in [-0.25, -0.2) is 0 Å². The Morgan fingerprint density at radius 2 is 0.430 bits per heavy atom. The van der Waals surface area contributed by atoms with Gasteiger partial charge in [0.1, 0.15) is 76.6 Å². The maximum Gasteiger partial charge on any atom is 0.446 e. The molecule has 0 aliphatic carbocycles. The summed E-state index contributed by atoms with van der Waals surface area (Å²) in [5.41, 5.74) is -11.2. The minimum atomic E-state index is -6.01. The van der Waals surface area contributed by atoms with Gasteiger partial charge in [-0.2, -0.15) is 92.6 Å². The molecule has 54 nitrogen and oxygen atoms in total. The predicted molar refractivity (Wildman–Crippen MR) is 360 cm³/mol. The van der Waals surface area contributed by atoms with Gasteiger partial charge in [-0.3, -0.25) is 64.5 Å². The van der Waals surface area contributed by atoms with Crippen LogP contribution in [0.3, 0.4) is 0 Å². The summed E-state index contributed by atoms with van der Waals surface area (Å²) in [7, 11) is -63.0. The summed E-state index contributed by atoms with van der Waals surface area (Å²) in [5, 5.41) is -3.34. The molecule has 114 heavy (non-hydrogen) atoms. The largest absolute Gasteiger partial charge is 0.489 e. The van der Waals surface area contributed by atoms with E-state index in [1.807, 2.05) is 0 Å². The molecule has 0 bridgehead atoms. The lowest BCUT2D eigenvalue weighted by Gasteiger charge is -2.17. The summed E-state index contributed by atoms with van der Waals surface area (Å²) in [5.74, 6) is -23.0. The standard InChI is InChI=1S/C49H34O54S11/c50-41-39-33(88-9-10-89-34-16-25(95-106(59,60)61)19-37-40(34)43(52)49(103-114(83,84)85)46(92-37)22-3-6-28(98-109(68,69)70)31(13-22)100-111(74,75)76)15-24(94-105(56,57)58)17-35(39)90-44(47(41)101-112(77,78)79)20-1-4-26(96-107(62,63)64)29(11-20)86-7-8-87-32-14-23(93-104(53,54)55)18-36-38(32)42(51)48(102-113(80,81)82)45(91-36)21-2-5-27(97-108(65,66)67)30(12-21)99-110(71,72)73/h1-6,11-19H,7-10H2,(H,53,54,55)(H,56,57,58)(H,59,60,61)(H,62,63,64)(H,65,66,67)(H,68,69,70)(H,71,72,73)(H,74,75,76)(H,77,78,79)(H,80,81,82)(H,83,84,85). The molecule has 3 aromatic heterocycles. The van der Waals surface area contributed by atoms with Crippen LogP contribution in [0.25, 0.3) is 66.9 Å². The van der Waals surface area contributed by atoms with Crippen molar-refractivity contribution in [1.29, 1.82) is 0 Å². The maximum atomic E-state index is 14.7. The average Bonchev–Trinajstić information content (AvgIpc) is 0.760. The van der Waals surface area contributed by atoms with Crippen LogP contribution in [-0.2, 0) is 114 Å². The molecule has 0 unspecified atom stereocenters. The second kappa shape index (κ2) is 31.4. The van der Waals surface area contributed by atoms with Gasteiger partial charge in [-0.15, -0.1) is 0 Å². The first-order valence-electron chi connectivity index (χ1n) is 27.7. The highest BCUT2D eigenvalue weighted by Crippen LogP contribution is 2.45. The van der Waals surface area contributed by atoms with E-state index in [0.29, 0.717) is 78.9 Å². The highest BCUT2D eigenvalue weighted by molar-refractivity contribution is 7.83. The molecule has 0 spiro atoms. The minimum absolute atomic E-state index is 0.285. The summed E-state index contributed by atoms with van der Waals surface area (Å²) >= 11 is 0. The number of benzene rings is 6. The van der Waals surface area contributed by atoms with E-state index in [1.54, 1.807) is 0 Å². The average molecular weight is 1840 g/mol. The monoisotopic (exact) mass is 1840 g/mol. The van der Waals surface area contributed by atoms with Gasteiger partial charge < -0.3 is 78.2 Å². The van der Waals surface area contributed by atoms with Crippen molar-refractivity contribution in [3.63, 3.8) is 0 Å². The Labute approximate surface area is 632 Å². The maximum absolute atomic E-state index is 14.7. The molecule has 0 atom stereocenters. The highest BCUT2D eigenvalue weighted by Gasteiger charge is 2.33. The van der Waals surface area contributed by atoms with E-state index in [1.165, 1.54) is 0 Å². The van der Waals surface area contributed by atoms with Crippen LogP contribution in [-0.4, -0.2) is 169 Å². The fourth-order valence-corrected chi connectivity index (χ4v) is 13.2. The fourth-order valence-electron chi connectivity index (χ4n) is 9.26. The number of hydrogen-bond acceptors (Lipinski definition) is 43. The van der Waals surface area contributed by atoms with E-state index >= 15 is 0 Å². The Morgan fingerprint density at radius 3 is 0.658 bits per heavy atom. The number of fused-ring (bicyclic) bond motifs is 3. The van der Waals surface area contributed by atoms with Crippen LogP contribution >= 0.6 is 0 Å². The van der Waals surface area contributed by atoms with Crippen LogP contribution in [0.4, 0.5) is 0 Å². The zero-order chi connectivity index (χ0) is 85.0. The molecule has 620 valence electrons. The van der Waals surface area contributed by atoms with Crippen LogP contribution in [0.2, 0.25) is 0 Å². The molecule has 6 aromatic carbocycles. The summed E-state index contributed by atoms with van der Waals surface area (Å²) < 4.78 is 455. The van der Waals surface area contributed by atoms with Gasteiger partial charge in [0, 0.05) is 53.1 Å². The van der Waals surface area contributed by atoms with E-state index in [2.05, 4.69) is 46.0 Å². The molecule has 0 aliphatic rings. The Bertz CT molecular complexity index is 7040. The second-order valence-electron chi connectivity index (χ2n) is 20.7. The van der Waals surface area contributed by atoms with Crippen molar-refractivity contribution < 1.29 is 221 Å². The Hall–Kier alpha value is -11.0. The van der Waals surface area contributed by atoms with Crippen LogP contribution in [0.5, 0.6) is 86.2 Å². The van der Waals surface area contributed by atoms with Crippen molar-refractivity contribution in [1.82, 2.24) is 0 Å². The number of ether oxygens (including phenoxy) is 4. The summed E-state index contributed by atoms with van der Waals surface area (Å²) in [4.78, 5) is 43.3. The van der Waals surface area contributed by atoms with Crippen molar-refractivity contribution in [2.75, 3.05) is 26.4 Å². The van der Waals surface area contributed by atoms with E-state index in [9.17, 15) is 157 Å². The van der Waals surface area contributed by atoms with Gasteiger partial charge in [-0.05, 0) is 54.6 Å². The van der Waals surface area contributed by atoms with E-state index < -0.39 is 310 Å². The van der Waals surface area contributed by atoms with Gasteiger partial charge in [0.2, 0.25) is 33.5 Å². The molecule has 9 aromatic rings. The predicted octanol–water partition coefficient (Wildman–Crippen LogP) is 0.920. The lowest BCUT2D eigenvalue weighted by molar-refractivity contribution is 0.214. The molecule has 0 radical (unpaired) electrons. The molecular weight excluding hydrogens is 1810 g/mol. The first kappa shape index (κ1) is 86.9. The van der Waals surface area contributed by atoms with E-state index in [4.69, 9.17) is 32.2 Å². The molecule has 0 amide bonds. The van der Waals surface area contributed by atoms with Crippen LogP contribution in [0.15, 0.2) is 119 Å². The molecule has 65 heteroatoms. The molecule has 11 N–H and O–H groups in total. The topological polar surface area (TPSA) is 827 Å². The van der Waals surface area contributed by atoms with Crippen molar-refractivity contribution in [3.8, 4) is 120 Å². The van der Waals surface area contributed by atoms with Crippen molar-refractivity contribution in [3.05, 3.63) is 122 Å². The smallest absolute Gasteiger partial charge is 0.446 e. The van der Waals surface area contributed by atoms with Gasteiger partial charge in [0.15, 0.2) is 69.0 Å². The zero-order valence-corrected chi connectivity index (χ0v) is 62.4. The first-order chi connectivity index (χ1) is 52.0. The van der Waals surface area contributed by atoms with Gasteiger partial charge >= 0.3 is 114 Å². The minimum Gasteiger partial charge on any atom is -0.489 e. The van der Waals surface area contributed by atoms with Gasteiger partial charge in [0.25, 0.3) is 0 Å². The van der Waals surface area contributed by atoms with Crippen LogP contribution in [0, 0.1) is 0 Å². The summed E-state index contributed by atoms with van der Waals surface area (Å²) in [6.45, 7) is -4.58. The highest BCUT2D eigenvalue weighted by atomic mass is 32.3. The quantitative estimate of drug-likeness (QED) is 0.0194. The molecular formula is C49H34O54S11. The van der Waals surface area contributed by atoms with Gasteiger partial charge in [-0.1, -0.05) is 0 Å². The van der Waals surface area contributed by atoms with E-state index in [0.717, 1.165) is 0 Å². The summed E-state index contributed by atoms with van der Waals surface area (Å²) in [6, 6.07) is 6.68. The molecule has 0 saturated carbocycles. The molecule has 0 fully saturated rings. The fraction of sp³-hybridized carbons (Fsp3) is 0.0816. The van der Waals surface area contributed by atoms with Crippen molar-refractivity contribution in [2.45, 2.75) is 0 Å². The van der Waals surface area contributed by atoms with Crippen molar-refractivity contribution >= 4 is 147 Å². The Balaban J connectivity index is 1.11. The normalized spacial score (nSPS) is 12.8. The SMILES string of the molecule is O=c1c(OS(=O)(=O)O)c(-c2ccc(OS(=O)(=O)O)c(OS(=O)(=O)O)c2)oc2cc(OS(=O)(=O)O)cc(OCCOc3cc(-c4oc5cc(OS(=O)(=O)O)cc(OCCOc6cc(OS(=O)(=O)O)cc7oc(-c8ccc(OS(=O)(=O)O)c(OS(=O)(=O)O)c8)c(OS(=O)(=O)O)c(=O)c67)c5c(=O)c4OS(=O)(=O)O)ccc3OS(=O)(=O)O)c12. The Kier molecular flexibility index (Phi) is 23.9. The molecule has 9 rings (SSSR count). The van der Waals surface area contributed by atoms with Crippen molar-refractivity contribution in [2.24, 2.45) is 0 Å². The third-order valence-electron chi connectivity index (χ3n) is 12.6. The second-order valence-corrected chi connectivity index (χ2v) is 31.9. The van der Waals surface area contributed by atoms with Crippen LogP contribution in [0.1, 0.15) is 0 Å². The lowest BCUT2D eigenvalue weighted by atomic mass is 10.1. The first-order valence-corrected chi connectivity index (χ1v) is 42.8. The van der Waals surface area contributed by atoms with Crippen LogP contribution < -0.4 is 81.2 Å². The summed E-state index contributed by atoms with van der Waals surface area (Å²) in [6.07, 6.45) is 0.